The summed E-state index contributed by atoms with van der Waals surface area (Å²) in [7, 11) is -2.26. The maximum absolute atomic E-state index is 6.79. The Bertz CT molecular complexity index is 988. The second-order valence-electron chi connectivity index (χ2n) is 7.19. The van der Waals surface area contributed by atoms with Crippen LogP contribution in [0.15, 0.2) is 84.9 Å². The molecular weight excluding hydrogens is 332 g/mol. The Morgan fingerprint density at radius 2 is 1.12 bits per heavy atom. The van der Waals surface area contributed by atoms with Gasteiger partial charge in [-0.05, 0) is 44.4 Å². The fourth-order valence-corrected chi connectivity index (χ4v) is 9.10. The van der Waals surface area contributed by atoms with E-state index in [-0.39, 0.29) is 0 Å². The van der Waals surface area contributed by atoms with E-state index in [1.54, 1.807) is 0 Å². The van der Waals surface area contributed by atoms with Gasteiger partial charge in [0, 0.05) is 6.61 Å². The van der Waals surface area contributed by atoms with Crippen LogP contribution in [0.25, 0.3) is 21.5 Å². The Hall–Kier alpha value is -2.42. The smallest absolute Gasteiger partial charge is 0.256 e. The third-order valence-corrected chi connectivity index (χ3v) is 10.1. The van der Waals surface area contributed by atoms with Crippen LogP contribution >= 0.6 is 0 Å². The Balaban J connectivity index is 1.85. The molecule has 4 aromatic carbocycles. The van der Waals surface area contributed by atoms with Gasteiger partial charge in [0.05, 0.1) is 0 Å². The molecule has 1 saturated heterocycles. The molecule has 128 valence electrons. The number of hydrogen-bond donors (Lipinski definition) is 0. The van der Waals surface area contributed by atoms with Crippen molar-refractivity contribution in [2.75, 3.05) is 6.61 Å². The van der Waals surface area contributed by atoms with E-state index in [0.29, 0.717) is 0 Å². The van der Waals surface area contributed by atoms with Gasteiger partial charge >= 0.3 is 0 Å². The zero-order chi connectivity index (χ0) is 17.4. The van der Waals surface area contributed by atoms with Crippen molar-refractivity contribution in [3.8, 4) is 0 Å². The summed E-state index contributed by atoms with van der Waals surface area (Å²) in [5.74, 6) is 0. The molecule has 0 saturated carbocycles. The van der Waals surface area contributed by atoms with Gasteiger partial charge < -0.3 is 4.43 Å². The largest absolute Gasteiger partial charge is 0.408 e. The molecule has 0 radical (unpaired) electrons. The molecule has 1 heterocycles. The molecule has 5 rings (SSSR count). The van der Waals surface area contributed by atoms with E-state index in [9.17, 15) is 0 Å². The zero-order valence-corrected chi connectivity index (χ0v) is 15.8. The van der Waals surface area contributed by atoms with Crippen LogP contribution in [0, 0.1) is 0 Å². The van der Waals surface area contributed by atoms with Crippen molar-refractivity contribution in [1.82, 2.24) is 0 Å². The van der Waals surface area contributed by atoms with E-state index < -0.39 is 8.32 Å². The van der Waals surface area contributed by atoms with Crippen LogP contribution in [0.4, 0.5) is 0 Å². The van der Waals surface area contributed by atoms with E-state index in [1.165, 1.54) is 44.8 Å². The number of benzene rings is 4. The van der Waals surface area contributed by atoms with Crippen LogP contribution in [0.1, 0.15) is 12.8 Å². The molecule has 0 aromatic heterocycles. The quantitative estimate of drug-likeness (QED) is 0.467. The molecule has 0 aliphatic carbocycles. The highest BCUT2D eigenvalue weighted by Gasteiger charge is 2.43. The van der Waals surface area contributed by atoms with Crippen LogP contribution in [0.5, 0.6) is 0 Å². The minimum atomic E-state index is -2.26. The summed E-state index contributed by atoms with van der Waals surface area (Å²) < 4.78 is 6.79. The van der Waals surface area contributed by atoms with Gasteiger partial charge in [0.2, 0.25) is 0 Å². The minimum absolute atomic E-state index is 0.874. The van der Waals surface area contributed by atoms with E-state index in [0.717, 1.165) is 12.7 Å². The molecule has 0 bridgehead atoms. The Kier molecular flexibility index (Phi) is 3.88. The number of fused-ring (bicyclic) bond motifs is 2. The second-order valence-corrected chi connectivity index (χ2v) is 10.7. The van der Waals surface area contributed by atoms with Gasteiger partial charge in [-0.25, -0.2) is 0 Å². The predicted molar refractivity (Wildman–Crippen MR) is 113 cm³/mol. The first-order valence-electron chi connectivity index (χ1n) is 9.49. The molecule has 1 nitrogen and oxygen atoms in total. The average Bonchev–Trinajstić information content (AvgIpc) is 2.73. The van der Waals surface area contributed by atoms with E-state index >= 15 is 0 Å². The monoisotopic (exact) mass is 354 g/mol. The van der Waals surface area contributed by atoms with Gasteiger partial charge in [-0.1, -0.05) is 91.3 Å². The Labute approximate surface area is 155 Å². The van der Waals surface area contributed by atoms with Crippen molar-refractivity contribution in [3.63, 3.8) is 0 Å². The zero-order valence-electron chi connectivity index (χ0n) is 14.8. The van der Waals surface area contributed by atoms with Gasteiger partial charge in [0.25, 0.3) is 8.32 Å². The minimum Gasteiger partial charge on any atom is -0.408 e. The lowest BCUT2D eigenvalue weighted by Crippen LogP contribution is -2.62. The molecule has 0 atom stereocenters. The summed E-state index contributed by atoms with van der Waals surface area (Å²) in [6.07, 6.45) is 2.42. The lowest BCUT2D eigenvalue weighted by atomic mass is 10.1. The predicted octanol–water partition coefficient (Wildman–Crippen LogP) is 4.86. The molecule has 0 amide bonds. The van der Waals surface area contributed by atoms with Crippen molar-refractivity contribution in [2.24, 2.45) is 0 Å². The first-order valence-corrected chi connectivity index (χ1v) is 11.6. The summed E-state index contributed by atoms with van der Waals surface area (Å²) in [4.78, 5) is 0. The van der Waals surface area contributed by atoms with E-state index in [2.05, 4.69) is 84.9 Å². The van der Waals surface area contributed by atoms with Gasteiger partial charge in [0.1, 0.15) is 0 Å². The Morgan fingerprint density at radius 1 is 0.577 bits per heavy atom. The van der Waals surface area contributed by atoms with Crippen molar-refractivity contribution >= 4 is 40.2 Å². The molecule has 4 aromatic rings. The van der Waals surface area contributed by atoms with Crippen LogP contribution < -0.4 is 10.4 Å². The summed E-state index contributed by atoms with van der Waals surface area (Å²) >= 11 is 0. The normalized spacial score (nSPS) is 16.8. The maximum Gasteiger partial charge on any atom is 0.256 e. The van der Waals surface area contributed by atoms with Crippen LogP contribution in [-0.4, -0.2) is 14.9 Å². The average molecular weight is 355 g/mol. The van der Waals surface area contributed by atoms with E-state index in [4.69, 9.17) is 4.43 Å². The summed E-state index contributed by atoms with van der Waals surface area (Å²) in [5.41, 5.74) is 0. The summed E-state index contributed by atoms with van der Waals surface area (Å²) in [5, 5.41) is 8.21. The van der Waals surface area contributed by atoms with Crippen LogP contribution in [0.2, 0.25) is 6.04 Å². The van der Waals surface area contributed by atoms with Gasteiger partial charge in [-0.15, -0.1) is 0 Å². The van der Waals surface area contributed by atoms with Crippen molar-refractivity contribution in [2.45, 2.75) is 18.9 Å². The molecular formula is C24H22OSi. The number of rotatable bonds is 2. The van der Waals surface area contributed by atoms with E-state index in [1.807, 2.05) is 0 Å². The molecule has 2 heteroatoms. The topological polar surface area (TPSA) is 9.23 Å². The van der Waals surface area contributed by atoms with Gasteiger partial charge in [-0.3, -0.25) is 0 Å². The fraction of sp³-hybridized carbons (Fsp3) is 0.167. The third kappa shape index (κ3) is 2.41. The first-order chi connectivity index (χ1) is 12.9. The molecule has 1 fully saturated rings. The molecule has 0 spiro atoms. The van der Waals surface area contributed by atoms with Crippen LogP contribution in [-0.2, 0) is 4.43 Å². The third-order valence-electron chi connectivity index (χ3n) is 5.72. The maximum atomic E-state index is 6.79. The second kappa shape index (κ2) is 6.38. The molecule has 1 aliphatic rings. The lowest BCUT2D eigenvalue weighted by Gasteiger charge is -2.37. The first kappa shape index (κ1) is 15.8. The molecule has 1 aliphatic heterocycles. The lowest BCUT2D eigenvalue weighted by molar-refractivity contribution is 0.284. The highest BCUT2D eigenvalue weighted by Crippen LogP contribution is 2.28. The molecule has 0 unspecified atom stereocenters. The molecule has 0 N–H and O–H groups in total. The van der Waals surface area contributed by atoms with Crippen molar-refractivity contribution in [3.05, 3.63) is 84.9 Å². The van der Waals surface area contributed by atoms with Gasteiger partial charge in [-0.2, -0.15) is 0 Å². The van der Waals surface area contributed by atoms with Crippen molar-refractivity contribution in [1.29, 1.82) is 0 Å². The van der Waals surface area contributed by atoms with Crippen molar-refractivity contribution < 1.29 is 4.43 Å². The SMILES string of the molecule is c1ccc2c([Si]3(c4cccc5ccccc45)CCCCO3)cccc2c1. The Morgan fingerprint density at radius 3 is 1.65 bits per heavy atom. The van der Waals surface area contributed by atoms with Gasteiger partial charge in [0.15, 0.2) is 0 Å². The van der Waals surface area contributed by atoms with Crippen LogP contribution in [0.3, 0.4) is 0 Å². The fourth-order valence-electron chi connectivity index (χ4n) is 4.52. The standard InChI is InChI=1S/C24H22OSi/c1-3-13-21-19(9-1)11-7-15-23(21)26(18-6-5-17-25-26)24-16-8-12-20-10-2-4-14-22(20)24/h1-4,7-16H,5-6,17-18H2. The summed E-state index contributed by atoms with van der Waals surface area (Å²) in [6, 6.07) is 32.2. The molecule has 26 heavy (non-hydrogen) atoms. The highest BCUT2D eigenvalue weighted by atomic mass is 28.4. The number of hydrogen-bond acceptors (Lipinski definition) is 1. The highest BCUT2D eigenvalue weighted by molar-refractivity contribution is 7.00. The summed E-state index contributed by atoms with van der Waals surface area (Å²) in [6.45, 7) is 0.874.